The zero-order valence-electron chi connectivity index (χ0n) is 16.1. The van der Waals surface area contributed by atoms with E-state index < -0.39 is 6.10 Å². The van der Waals surface area contributed by atoms with Crippen LogP contribution >= 0.6 is 0 Å². The first-order valence-corrected chi connectivity index (χ1v) is 10.3. The van der Waals surface area contributed by atoms with Crippen LogP contribution in [0.4, 0.5) is 0 Å². The summed E-state index contributed by atoms with van der Waals surface area (Å²) in [5, 5.41) is 11.4. The Morgan fingerprint density at radius 3 is 2.78 bits per heavy atom. The lowest BCUT2D eigenvalue weighted by Gasteiger charge is -2.29. The number of aryl methyl sites for hydroxylation is 1. The van der Waals surface area contributed by atoms with Crippen LogP contribution in [0.3, 0.4) is 0 Å². The van der Waals surface area contributed by atoms with Crippen molar-refractivity contribution in [3.63, 3.8) is 0 Å². The van der Waals surface area contributed by atoms with E-state index in [-0.39, 0.29) is 12.2 Å². The highest BCUT2D eigenvalue weighted by Gasteiger charge is 2.24. The molecule has 1 saturated carbocycles. The molecule has 2 atom stereocenters. The van der Waals surface area contributed by atoms with E-state index in [0.29, 0.717) is 23.9 Å². The second kappa shape index (κ2) is 8.03. The number of ether oxygens (including phenoxy) is 1. The molecule has 5 heteroatoms. The highest BCUT2D eigenvalue weighted by Crippen LogP contribution is 2.29. The summed E-state index contributed by atoms with van der Waals surface area (Å²) < 4.78 is 11.3. The predicted octanol–water partition coefficient (Wildman–Crippen LogP) is 1.87. The molecule has 0 bridgehead atoms. The van der Waals surface area contributed by atoms with Gasteiger partial charge in [-0.3, -0.25) is 0 Å². The summed E-state index contributed by atoms with van der Waals surface area (Å²) in [7, 11) is 2.17. The van der Waals surface area contributed by atoms with Crippen molar-refractivity contribution in [2.45, 2.75) is 63.5 Å². The Labute approximate surface area is 159 Å². The second-order valence-electron chi connectivity index (χ2n) is 8.21. The number of nitrogens with one attached hydrogen (secondary N) is 1. The van der Waals surface area contributed by atoms with Gasteiger partial charge in [0.2, 0.25) is 0 Å². The molecule has 0 aliphatic heterocycles. The molecular formula is C22H30NO4+. The largest absolute Gasteiger partial charge is 0.491 e. The molecule has 0 spiro atoms. The van der Waals surface area contributed by atoms with Crippen LogP contribution in [0.2, 0.25) is 0 Å². The Kier molecular flexibility index (Phi) is 5.50. The molecule has 2 aromatic rings. The number of fused-ring (bicyclic) bond motifs is 3. The third-order valence-electron chi connectivity index (χ3n) is 6.25. The average molecular weight is 372 g/mol. The summed E-state index contributed by atoms with van der Waals surface area (Å²) in [6.07, 6.45) is 8.73. The van der Waals surface area contributed by atoms with Gasteiger partial charge in [0, 0.05) is 17.0 Å². The van der Waals surface area contributed by atoms with Gasteiger partial charge in [0.05, 0.1) is 13.1 Å². The molecule has 1 fully saturated rings. The normalized spacial score (nSPS) is 19.8. The third-order valence-corrected chi connectivity index (χ3v) is 6.25. The molecule has 4 rings (SSSR count). The quantitative estimate of drug-likeness (QED) is 0.760. The number of likely N-dealkylation sites (N-methyl/N-ethyl adjacent to an activating group) is 1. The highest BCUT2D eigenvalue weighted by atomic mass is 16.5. The number of hydrogen-bond donors (Lipinski definition) is 2. The van der Waals surface area contributed by atoms with Gasteiger partial charge >= 0.3 is 5.63 Å². The van der Waals surface area contributed by atoms with E-state index in [2.05, 4.69) is 7.05 Å². The molecule has 0 radical (unpaired) electrons. The zero-order valence-corrected chi connectivity index (χ0v) is 16.1. The van der Waals surface area contributed by atoms with Crippen molar-refractivity contribution in [1.29, 1.82) is 0 Å². The lowest BCUT2D eigenvalue weighted by Crippen LogP contribution is -3.14. The van der Waals surface area contributed by atoms with Crippen LogP contribution in [0.1, 0.15) is 49.7 Å². The van der Waals surface area contributed by atoms with Crippen molar-refractivity contribution in [2.75, 3.05) is 20.2 Å². The minimum atomic E-state index is -0.505. The van der Waals surface area contributed by atoms with Crippen LogP contribution in [-0.2, 0) is 12.8 Å². The van der Waals surface area contributed by atoms with E-state index in [4.69, 9.17) is 9.15 Å². The molecule has 0 saturated heterocycles. The Bertz CT molecular complexity index is 853. The molecule has 0 amide bonds. The summed E-state index contributed by atoms with van der Waals surface area (Å²) in [6.45, 7) is 0.950. The lowest BCUT2D eigenvalue weighted by molar-refractivity contribution is -0.910. The maximum atomic E-state index is 12.1. The number of quaternary nitrogens is 1. The van der Waals surface area contributed by atoms with Gasteiger partial charge in [0.25, 0.3) is 0 Å². The first kappa shape index (κ1) is 18.5. The zero-order chi connectivity index (χ0) is 18.8. The number of aliphatic hydroxyl groups is 1. The van der Waals surface area contributed by atoms with Gasteiger partial charge in [0.1, 0.15) is 30.6 Å². The Balaban J connectivity index is 1.38. The van der Waals surface area contributed by atoms with Crippen molar-refractivity contribution < 1.29 is 19.2 Å². The molecule has 2 aliphatic rings. The van der Waals surface area contributed by atoms with Crippen molar-refractivity contribution in [3.05, 3.63) is 39.7 Å². The molecule has 5 nitrogen and oxygen atoms in total. The molecule has 2 N–H and O–H groups in total. The molecule has 1 heterocycles. The fraction of sp³-hybridized carbons (Fsp3) is 0.591. The Morgan fingerprint density at radius 1 is 1.19 bits per heavy atom. The van der Waals surface area contributed by atoms with Crippen LogP contribution in [-0.4, -0.2) is 37.5 Å². The number of benzene rings is 1. The Hall–Kier alpha value is -1.85. The van der Waals surface area contributed by atoms with E-state index >= 15 is 0 Å². The Morgan fingerprint density at radius 2 is 1.96 bits per heavy atom. The molecule has 1 aromatic carbocycles. The minimum Gasteiger partial charge on any atom is -0.491 e. The number of hydrogen-bond acceptors (Lipinski definition) is 4. The highest BCUT2D eigenvalue weighted by molar-refractivity contribution is 5.83. The maximum absolute atomic E-state index is 12.1. The second-order valence-corrected chi connectivity index (χ2v) is 8.21. The monoisotopic (exact) mass is 372 g/mol. The number of rotatable bonds is 6. The minimum absolute atomic E-state index is 0.218. The van der Waals surface area contributed by atoms with Crippen LogP contribution in [0.25, 0.3) is 11.0 Å². The lowest BCUT2D eigenvalue weighted by atomic mass is 9.94. The summed E-state index contributed by atoms with van der Waals surface area (Å²) >= 11 is 0. The van der Waals surface area contributed by atoms with Crippen LogP contribution in [0.5, 0.6) is 5.75 Å². The fourth-order valence-corrected chi connectivity index (χ4v) is 4.74. The van der Waals surface area contributed by atoms with E-state index in [1.54, 1.807) is 6.07 Å². The van der Waals surface area contributed by atoms with Gasteiger partial charge in [-0.1, -0.05) is 6.42 Å². The van der Waals surface area contributed by atoms with Crippen molar-refractivity contribution in [1.82, 2.24) is 0 Å². The summed E-state index contributed by atoms with van der Waals surface area (Å²) in [6, 6.07) is 6.32. The number of aliphatic hydroxyl groups excluding tert-OH is 1. The molecule has 27 heavy (non-hydrogen) atoms. The molecular weight excluding hydrogens is 342 g/mol. The van der Waals surface area contributed by atoms with Gasteiger partial charge in [-0.25, -0.2) is 4.79 Å². The van der Waals surface area contributed by atoms with Crippen molar-refractivity contribution in [2.24, 2.45) is 0 Å². The first-order valence-electron chi connectivity index (χ1n) is 10.3. The predicted molar refractivity (Wildman–Crippen MR) is 105 cm³/mol. The van der Waals surface area contributed by atoms with E-state index in [0.717, 1.165) is 35.8 Å². The van der Waals surface area contributed by atoms with E-state index in [1.807, 2.05) is 12.1 Å². The smallest absolute Gasteiger partial charge is 0.339 e. The van der Waals surface area contributed by atoms with Gasteiger partial charge < -0.3 is 19.2 Å². The topological polar surface area (TPSA) is 64.1 Å². The van der Waals surface area contributed by atoms with Gasteiger partial charge in [0.15, 0.2) is 0 Å². The average Bonchev–Trinajstić information content (AvgIpc) is 3.18. The van der Waals surface area contributed by atoms with E-state index in [1.165, 1.54) is 37.0 Å². The first-order chi connectivity index (χ1) is 13.1. The van der Waals surface area contributed by atoms with Gasteiger partial charge in [-0.15, -0.1) is 0 Å². The standard InChI is InChI=1S/C22H29NO4/c1-23(15-6-3-2-4-7-15)13-16(24)14-26-17-10-11-19-18-8-5-9-20(18)22(25)27-21(19)12-17/h10-12,15-16,24H,2-9,13-14H2,1H3/p+1/t16-/m0/s1. The maximum Gasteiger partial charge on any atom is 0.339 e. The van der Waals surface area contributed by atoms with Crippen LogP contribution in [0.15, 0.2) is 27.4 Å². The van der Waals surface area contributed by atoms with Gasteiger partial charge in [-0.2, -0.15) is 0 Å². The molecule has 1 unspecified atom stereocenters. The SMILES string of the molecule is C[NH+](C[C@H](O)COc1ccc2c3c(c(=O)oc2c1)CCC3)C1CCCCC1. The van der Waals surface area contributed by atoms with Crippen molar-refractivity contribution >= 4 is 11.0 Å². The van der Waals surface area contributed by atoms with E-state index in [9.17, 15) is 9.90 Å². The van der Waals surface area contributed by atoms with Gasteiger partial charge in [-0.05, 0) is 62.6 Å². The van der Waals surface area contributed by atoms with Crippen molar-refractivity contribution in [3.8, 4) is 5.75 Å². The van der Waals surface area contributed by atoms with Crippen LogP contribution in [0, 0.1) is 0 Å². The molecule has 146 valence electrons. The fourth-order valence-electron chi connectivity index (χ4n) is 4.74. The molecule has 1 aromatic heterocycles. The third kappa shape index (κ3) is 4.04. The molecule has 2 aliphatic carbocycles. The van der Waals surface area contributed by atoms with Crippen LogP contribution < -0.4 is 15.3 Å². The summed E-state index contributed by atoms with van der Waals surface area (Å²) in [5.74, 6) is 0.637. The summed E-state index contributed by atoms with van der Waals surface area (Å²) in [4.78, 5) is 13.5. The summed E-state index contributed by atoms with van der Waals surface area (Å²) in [5.41, 5.74) is 2.33.